The quantitative estimate of drug-likeness (QED) is 0.679. The van der Waals surface area contributed by atoms with E-state index in [1.165, 1.54) is 18.4 Å². The van der Waals surface area contributed by atoms with Crippen molar-refractivity contribution in [3.8, 4) is 0 Å². The van der Waals surface area contributed by atoms with Crippen molar-refractivity contribution in [2.24, 2.45) is 12.0 Å². The third-order valence-corrected chi connectivity index (χ3v) is 4.88. The molecule has 0 N–H and O–H groups in total. The summed E-state index contributed by atoms with van der Waals surface area (Å²) in [6, 6.07) is 14.2. The summed E-state index contributed by atoms with van der Waals surface area (Å²) >= 11 is 1.34. The Hall–Kier alpha value is -2.40. The number of nitrogens with zero attached hydrogens (tertiary/aromatic N) is 2. The summed E-state index contributed by atoms with van der Waals surface area (Å²) in [5.74, 6) is -0.322. The molecule has 22 heavy (non-hydrogen) atoms. The van der Waals surface area contributed by atoms with Gasteiger partial charge in [0.2, 0.25) is 0 Å². The largest absolute Gasteiger partial charge is 0.465 e. The highest BCUT2D eigenvalue weighted by Crippen LogP contribution is 2.25. The van der Waals surface area contributed by atoms with Crippen LogP contribution in [0.2, 0.25) is 0 Å². The molecule has 4 nitrogen and oxygen atoms in total. The molecule has 0 atom stereocenters. The van der Waals surface area contributed by atoms with E-state index in [2.05, 4.69) is 18.2 Å². The number of methoxy groups -OCH3 is 1. The third-order valence-electron chi connectivity index (χ3n) is 3.67. The number of carbonyl (C=O) groups excluding carboxylic acids is 1. The van der Waals surface area contributed by atoms with Gasteiger partial charge in [-0.05, 0) is 18.4 Å². The van der Waals surface area contributed by atoms with Crippen molar-refractivity contribution in [1.82, 2.24) is 4.57 Å². The lowest BCUT2D eigenvalue weighted by atomic mass is 10.1. The van der Waals surface area contributed by atoms with Crippen LogP contribution in [0.5, 0.6) is 0 Å². The summed E-state index contributed by atoms with van der Waals surface area (Å²) in [5, 5.41) is 2.24. The fourth-order valence-corrected chi connectivity index (χ4v) is 3.37. The van der Waals surface area contributed by atoms with Crippen molar-refractivity contribution in [3.05, 3.63) is 57.8 Å². The van der Waals surface area contributed by atoms with Crippen molar-refractivity contribution in [1.29, 1.82) is 0 Å². The maximum absolute atomic E-state index is 11.8. The van der Waals surface area contributed by atoms with Crippen LogP contribution in [-0.2, 0) is 11.8 Å². The molecule has 1 heterocycles. The molecule has 3 aromatic rings. The lowest BCUT2D eigenvalue weighted by molar-refractivity contribution is 0.0605. The van der Waals surface area contributed by atoms with Crippen molar-refractivity contribution in [2.75, 3.05) is 7.11 Å². The average Bonchev–Trinajstić information content (AvgIpc) is 2.83. The summed E-state index contributed by atoms with van der Waals surface area (Å²) in [7, 11) is 3.30. The number of esters is 1. The summed E-state index contributed by atoms with van der Waals surface area (Å²) in [6.45, 7) is 1.89. The minimum Gasteiger partial charge on any atom is -0.465 e. The highest BCUT2D eigenvalue weighted by molar-refractivity contribution is 7.11. The Kier molecular flexibility index (Phi) is 3.81. The van der Waals surface area contributed by atoms with Crippen LogP contribution in [0.3, 0.4) is 0 Å². The van der Waals surface area contributed by atoms with Crippen LogP contribution in [0, 0.1) is 6.92 Å². The van der Waals surface area contributed by atoms with Gasteiger partial charge in [-0.25, -0.2) is 9.79 Å². The second kappa shape index (κ2) is 5.77. The molecule has 0 saturated carbocycles. The van der Waals surface area contributed by atoms with Crippen LogP contribution in [0.15, 0.2) is 47.5 Å². The van der Waals surface area contributed by atoms with Gasteiger partial charge in [-0.3, -0.25) is 0 Å². The van der Waals surface area contributed by atoms with Crippen LogP contribution >= 0.6 is 11.3 Å². The number of ether oxygens (including phenoxy) is 1. The maximum atomic E-state index is 11.8. The minimum absolute atomic E-state index is 0.322. The van der Waals surface area contributed by atoms with E-state index in [9.17, 15) is 4.79 Å². The molecule has 2 aromatic carbocycles. The number of rotatable bonds is 2. The molecule has 0 fully saturated rings. The number of thiazole rings is 1. The molecule has 0 aliphatic rings. The Bertz CT molecular complexity index is 917. The van der Waals surface area contributed by atoms with Crippen molar-refractivity contribution >= 4 is 33.8 Å². The SMILES string of the molecule is COC(=O)c1sc(=Nc2cccc3ccccc23)n(C)c1C. The standard InChI is InChI=1S/C17H16N2O2S/c1-11-15(16(20)21-3)22-17(19(11)2)18-14-10-6-8-12-7-4-5-9-13(12)14/h4-10H,1-3H3. The predicted octanol–water partition coefficient (Wildman–Crippen LogP) is 3.57. The van der Waals surface area contributed by atoms with E-state index in [-0.39, 0.29) is 5.97 Å². The lowest BCUT2D eigenvalue weighted by Crippen LogP contribution is -2.11. The Balaban J connectivity index is 2.22. The minimum atomic E-state index is -0.322. The molecule has 0 amide bonds. The van der Waals surface area contributed by atoms with E-state index in [4.69, 9.17) is 9.73 Å². The first-order chi connectivity index (χ1) is 10.6. The summed E-state index contributed by atoms with van der Waals surface area (Å²) < 4.78 is 6.74. The highest BCUT2D eigenvalue weighted by atomic mass is 32.1. The number of aromatic nitrogens is 1. The zero-order valence-corrected chi connectivity index (χ0v) is 13.5. The van der Waals surface area contributed by atoms with Crippen LogP contribution < -0.4 is 4.80 Å². The van der Waals surface area contributed by atoms with Gasteiger partial charge in [0.05, 0.1) is 12.8 Å². The number of hydrogen-bond donors (Lipinski definition) is 0. The van der Waals surface area contributed by atoms with E-state index in [1.54, 1.807) is 0 Å². The topological polar surface area (TPSA) is 43.6 Å². The van der Waals surface area contributed by atoms with Crippen LogP contribution in [-0.4, -0.2) is 17.6 Å². The zero-order valence-electron chi connectivity index (χ0n) is 12.7. The van der Waals surface area contributed by atoms with Gasteiger partial charge in [0, 0.05) is 18.1 Å². The molecule has 3 rings (SSSR count). The molecule has 0 aliphatic carbocycles. The van der Waals surface area contributed by atoms with E-state index in [1.807, 2.05) is 42.8 Å². The van der Waals surface area contributed by atoms with Crippen LogP contribution in [0.4, 0.5) is 5.69 Å². The Labute approximate surface area is 132 Å². The summed E-state index contributed by atoms with van der Waals surface area (Å²) in [6.07, 6.45) is 0. The van der Waals surface area contributed by atoms with E-state index in [0.717, 1.165) is 27.0 Å². The van der Waals surface area contributed by atoms with Gasteiger partial charge in [0.1, 0.15) is 4.88 Å². The molecular formula is C17H16N2O2S. The van der Waals surface area contributed by atoms with E-state index in [0.29, 0.717) is 4.88 Å². The molecule has 0 radical (unpaired) electrons. The van der Waals surface area contributed by atoms with Gasteiger partial charge in [0.25, 0.3) is 0 Å². The molecule has 5 heteroatoms. The second-order valence-electron chi connectivity index (χ2n) is 4.96. The number of carbonyl (C=O) groups is 1. The highest BCUT2D eigenvalue weighted by Gasteiger charge is 2.15. The van der Waals surface area contributed by atoms with Gasteiger partial charge >= 0.3 is 5.97 Å². The van der Waals surface area contributed by atoms with Gasteiger partial charge in [-0.2, -0.15) is 0 Å². The van der Waals surface area contributed by atoms with Gasteiger partial charge in [0.15, 0.2) is 4.80 Å². The van der Waals surface area contributed by atoms with Gasteiger partial charge < -0.3 is 9.30 Å². The van der Waals surface area contributed by atoms with Crippen LogP contribution in [0.1, 0.15) is 15.4 Å². The first-order valence-electron chi connectivity index (χ1n) is 6.89. The lowest BCUT2D eigenvalue weighted by Gasteiger charge is -2.01. The molecule has 1 aromatic heterocycles. The predicted molar refractivity (Wildman–Crippen MR) is 88.5 cm³/mol. The Morgan fingerprint density at radius 2 is 1.91 bits per heavy atom. The smallest absolute Gasteiger partial charge is 0.349 e. The maximum Gasteiger partial charge on any atom is 0.349 e. The third kappa shape index (κ3) is 2.44. The van der Waals surface area contributed by atoms with Gasteiger partial charge in [-0.1, -0.05) is 47.7 Å². The normalized spacial score (nSPS) is 11.9. The number of benzene rings is 2. The molecule has 0 unspecified atom stereocenters. The Morgan fingerprint density at radius 3 is 2.68 bits per heavy atom. The van der Waals surface area contributed by atoms with Crippen LogP contribution in [0.25, 0.3) is 10.8 Å². The number of hydrogen-bond acceptors (Lipinski definition) is 4. The van der Waals surface area contributed by atoms with Crippen molar-refractivity contribution in [3.63, 3.8) is 0 Å². The average molecular weight is 312 g/mol. The van der Waals surface area contributed by atoms with E-state index < -0.39 is 0 Å². The fraction of sp³-hybridized carbons (Fsp3) is 0.176. The molecule has 0 aliphatic heterocycles. The zero-order chi connectivity index (χ0) is 15.7. The second-order valence-corrected chi connectivity index (χ2v) is 5.94. The molecule has 112 valence electrons. The fourth-order valence-electron chi connectivity index (χ4n) is 2.32. The summed E-state index contributed by atoms with van der Waals surface area (Å²) in [5.41, 5.74) is 1.75. The molecule has 0 spiro atoms. The van der Waals surface area contributed by atoms with E-state index >= 15 is 0 Å². The molecule has 0 bridgehead atoms. The first-order valence-corrected chi connectivity index (χ1v) is 7.70. The number of fused-ring (bicyclic) bond motifs is 1. The van der Waals surface area contributed by atoms with Crippen molar-refractivity contribution in [2.45, 2.75) is 6.92 Å². The molecular weight excluding hydrogens is 296 g/mol. The monoisotopic (exact) mass is 312 g/mol. The first kappa shape index (κ1) is 14.5. The Morgan fingerprint density at radius 1 is 1.18 bits per heavy atom. The van der Waals surface area contributed by atoms with Gasteiger partial charge in [-0.15, -0.1) is 0 Å². The van der Waals surface area contributed by atoms with Crippen molar-refractivity contribution < 1.29 is 9.53 Å². The molecule has 0 saturated heterocycles. The summed E-state index contributed by atoms with van der Waals surface area (Å²) in [4.78, 5) is 17.9.